The summed E-state index contributed by atoms with van der Waals surface area (Å²) in [4.78, 5) is 14.4. The van der Waals surface area contributed by atoms with Crippen LogP contribution in [0.2, 0.25) is 0 Å². The summed E-state index contributed by atoms with van der Waals surface area (Å²) in [5.41, 5.74) is 1.36. The van der Waals surface area contributed by atoms with Gasteiger partial charge in [0.15, 0.2) is 0 Å². The van der Waals surface area contributed by atoms with Crippen LogP contribution >= 0.6 is 15.9 Å². The normalized spacial score (nSPS) is 11.6. The topological polar surface area (TPSA) is 57.7 Å². The summed E-state index contributed by atoms with van der Waals surface area (Å²) < 4.78 is 27.7. The second kappa shape index (κ2) is 8.79. The highest BCUT2D eigenvalue weighted by atomic mass is 79.9. The largest absolute Gasteiger partial charge is 0.337 e. The van der Waals surface area contributed by atoms with Gasteiger partial charge in [-0.2, -0.15) is 4.31 Å². The molecule has 7 heteroatoms. The molecule has 0 saturated carbocycles. The summed E-state index contributed by atoms with van der Waals surface area (Å²) in [6, 6.07) is 14.0. The van der Waals surface area contributed by atoms with Crippen LogP contribution in [0.1, 0.15) is 29.8 Å². The lowest BCUT2D eigenvalue weighted by molar-refractivity contribution is 0.0785. The minimum atomic E-state index is -3.59. The van der Waals surface area contributed by atoms with Gasteiger partial charge in [-0.3, -0.25) is 4.79 Å². The van der Waals surface area contributed by atoms with E-state index in [1.807, 2.05) is 24.3 Å². The van der Waals surface area contributed by atoms with Gasteiger partial charge in [0.1, 0.15) is 0 Å². The number of nitrogens with zero attached hydrogens (tertiary/aromatic N) is 2. The zero-order valence-corrected chi connectivity index (χ0v) is 17.5. The Morgan fingerprint density at radius 1 is 1.04 bits per heavy atom. The Kier molecular flexibility index (Phi) is 6.97. The number of amides is 1. The van der Waals surface area contributed by atoms with Gasteiger partial charge in [0, 0.05) is 36.7 Å². The fourth-order valence-corrected chi connectivity index (χ4v) is 4.43. The van der Waals surface area contributed by atoms with Gasteiger partial charge in [0.25, 0.3) is 5.91 Å². The minimum Gasteiger partial charge on any atom is -0.337 e. The molecule has 1 amide bonds. The first-order valence-electron chi connectivity index (χ1n) is 8.39. The van der Waals surface area contributed by atoms with Gasteiger partial charge >= 0.3 is 0 Å². The molecule has 0 heterocycles. The first-order valence-corrected chi connectivity index (χ1v) is 10.6. The van der Waals surface area contributed by atoms with E-state index in [9.17, 15) is 13.2 Å². The predicted molar refractivity (Wildman–Crippen MR) is 106 cm³/mol. The predicted octanol–water partition coefficient (Wildman–Crippen LogP) is 3.75. The third-order valence-corrected chi connectivity index (χ3v) is 6.68. The van der Waals surface area contributed by atoms with Crippen LogP contribution in [0.3, 0.4) is 0 Å². The van der Waals surface area contributed by atoms with E-state index in [1.165, 1.54) is 16.4 Å². The molecule has 5 nitrogen and oxygen atoms in total. The fraction of sp³-hybridized carbons (Fsp3) is 0.316. The van der Waals surface area contributed by atoms with E-state index in [1.54, 1.807) is 37.9 Å². The molecule has 0 saturated heterocycles. The third-order valence-electron chi connectivity index (χ3n) is 4.10. The molecule has 0 aliphatic carbocycles. The van der Waals surface area contributed by atoms with E-state index < -0.39 is 10.0 Å². The molecule has 0 unspecified atom stereocenters. The second-order valence-corrected chi connectivity index (χ2v) is 8.76. The second-order valence-electron chi connectivity index (χ2n) is 5.90. The van der Waals surface area contributed by atoms with Crippen molar-refractivity contribution in [2.24, 2.45) is 0 Å². The van der Waals surface area contributed by atoms with E-state index in [-0.39, 0.29) is 10.8 Å². The average Bonchev–Trinajstić information content (AvgIpc) is 2.64. The van der Waals surface area contributed by atoms with Crippen LogP contribution in [0.25, 0.3) is 0 Å². The average molecular weight is 439 g/mol. The molecule has 0 atom stereocenters. The maximum absolute atomic E-state index is 12.7. The van der Waals surface area contributed by atoms with Crippen molar-refractivity contribution >= 4 is 31.9 Å². The number of hydrogen-bond acceptors (Lipinski definition) is 3. The molecule has 0 aliphatic heterocycles. The Labute approximate surface area is 163 Å². The van der Waals surface area contributed by atoms with Gasteiger partial charge in [-0.25, -0.2) is 8.42 Å². The SMILES string of the molecule is CCN(CC)S(=O)(=O)c1cccc(C(=O)N(C)Cc2ccc(Br)cc2)c1. The molecule has 0 N–H and O–H groups in total. The number of sulfonamides is 1. The molecule has 26 heavy (non-hydrogen) atoms. The van der Waals surface area contributed by atoms with Crippen molar-refractivity contribution in [2.45, 2.75) is 25.3 Å². The van der Waals surface area contributed by atoms with Crippen LogP contribution in [0, 0.1) is 0 Å². The molecule has 0 spiro atoms. The molecule has 2 aromatic rings. The van der Waals surface area contributed by atoms with Crippen LogP contribution < -0.4 is 0 Å². The van der Waals surface area contributed by atoms with Crippen LogP contribution in [-0.4, -0.2) is 43.7 Å². The van der Waals surface area contributed by atoms with Crippen molar-refractivity contribution in [1.82, 2.24) is 9.21 Å². The smallest absolute Gasteiger partial charge is 0.253 e. The van der Waals surface area contributed by atoms with Gasteiger partial charge < -0.3 is 4.90 Å². The van der Waals surface area contributed by atoms with Gasteiger partial charge in [-0.05, 0) is 35.9 Å². The Morgan fingerprint density at radius 2 is 1.65 bits per heavy atom. The van der Waals surface area contributed by atoms with E-state index in [4.69, 9.17) is 0 Å². The summed E-state index contributed by atoms with van der Waals surface area (Å²) in [6.45, 7) is 4.81. The molecule has 0 bridgehead atoms. The first-order chi connectivity index (χ1) is 12.3. The molecule has 0 radical (unpaired) electrons. The summed E-state index contributed by atoms with van der Waals surface area (Å²) in [7, 11) is -1.88. The maximum Gasteiger partial charge on any atom is 0.253 e. The van der Waals surface area contributed by atoms with Gasteiger partial charge in [-0.1, -0.05) is 48.0 Å². The molecule has 2 rings (SSSR count). The number of halogens is 1. The zero-order chi connectivity index (χ0) is 19.3. The molecule has 0 aliphatic rings. The van der Waals surface area contributed by atoms with E-state index >= 15 is 0 Å². The first kappa shape index (κ1) is 20.6. The molecule has 0 fully saturated rings. The van der Waals surface area contributed by atoms with Gasteiger partial charge in [-0.15, -0.1) is 0 Å². The Morgan fingerprint density at radius 3 is 2.23 bits per heavy atom. The number of rotatable bonds is 7. The van der Waals surface area contributed by atoms with Crippen molar-refractivity contribution in [3.05, 3.63) is 64.1 Å². The number of carbonyl (C=O) groups is 1. The lowest BCUT2D eigenvalue weighted by atomic mass is 10.1. The van der Waals surface area contributed by atoms with Crippen LogP contribution in [0.4, 0.5) is 0 Å². The summed E-state index contributed by atoms with van der Waals surface area (Å²) in [5.74, 6) is -0.218. The summed E-state index contributed by atoms with van der Waals surface area (Å²) in [6.07, 6.45) is 0. The van der Waals surface area contributed by atoms with Crippen LogP contribution in [-0.2, 0) is 16.6 Å². The lowest BCUT2D eigenvalue weighted by Gasteiger charge is -2.20. The molecular weight excluding hydrogens is 416 g/mol. The zero-order valence-electron chi connectivity index (χ0n) is 15.1. The van der Waals surface area contributed by atoms with E-state index in [2.05, 4.69) is 15.9 Å². The highest BCUT2D eigenvalue weighted by Gasteiger charge is 2.23. The van der Waals surface area contributed by atoms with E-state index in [0.29, 0.717) is 25.2 Å². The quantitative estimate of drug-likeness (QED) is 0.661. The summed E-state index contributed by atoms with van der Waals surface area (Å²) in [5, 5.41) is 0. The highest BCUT2D eigenvalue weighted by Crippen LogP contribution is 2.19. The van der Waals surface area contributed by atoms with Gasteiger partial charge in [0.2, 0.25) is 10.0 Å². The molecule has 140 valence electrons. The van der Waals surface area contributed by atoms with Crippen molar-refractivity contribution in [2.75, 3.05) is 20.1 Å². The fourth-order valence-electron chi connectivity index (χ4n) is 2.66. The molecular formula is C19H23BrN2O3S. The van der Waals surface area contributed by atoms with Crippen molar-refractivity contribution < 1.29 is 13.2 Å². The minimum absolute atomic E-state index is 0.143. The standard InChI is InChI=1S/C19H23BrN2O3S/c1-4-22(5-2)26(24,25)18-8-6-7-16(13-18)19(23)21(3)14-15-9-11-17(20)12-10-15/h6-13H,4-5,14H2,1-3H3. The highest BCUT2D eigenvalue weighted by molar-refractivity contribution is 9.10. The maximum atomic E-state index is 12.7. The molecule has 2 aromatic carbocycles. The third kappa shape index (κ3) is 4.72. The Balaban J connectivity index is 2.23. The number of hydrogen-bond donors (Lipinski definition) is 0. The number of carbonyl (C=O) groups excluding carboxylic acids is 1. The Bertz CT molecular complexity index is 863. The van der Waals surface area contributed by atoms with Crippen molar-refractivity contribution in [3.63, 3.8) is 0 Å². The monoisotopic (exact) mass is 438 g/mol. The summed E-state index contributed by atoms with van der Waals surface area (Å²) >= 11 is 3.39. The van der Waals surface area contributed by atoms with E-state index in [0.717, 1.165) is 10.0 Å². The molecule has 0 aromatic heterocycles. The lowest BCUT2D eigenvalue weighted by Crippen LogP contribution is -2.31. The van der Waals surface area contributed by atoms with Gasteiger partial charge in [0.05, 0.1) is 4.90 Å². The van der Waals surface area contributed by atoms with Crippen molar-refractivity contribution in [3.8, 4) is 0 Å². The number of benzene rings is 2. The van der Waals surface area contributed by atoms with Crippen LogP contribution in [0.15, 0.2) is 57.9 Å². The van der Waals surface area contributed by atoms with Crippen molar-refractivity contribution in [1.29, 1.82) is 0 Å². The Hall–Kier alpha value is -1.70. The van der Waals surface area contributed by atoms with Crippen LogP contribution in [0.5, 0.6) is 0 Å².